The van der Waals surface area contributed by atoms with Gasteiger partial charge in [-0.25, -0.2) is 9.37 Å². The number of amides is 1. The summed E-state index contributed by atoms with van der Waals surface area (Å²) >= 11 is 1.29. The predicted molar refractivity (Wildman–Crippen MR) is 100 cm³/mol. The summed E-state index contributed by atoms with van der Waals surface area (Å²) in [6.07, 6.45) is 3.36. The van der Waals surface area contributed by atoms with Gasteiger partial charge in [-0.2, -0.15) is 0 Å². The quantitative estimate of drug-likeness (QED) is 0.676. The molecule has 8 heteroatoms. The van der Waals surface area contributed by atoms with Crippen LogP contribution in [-0.4, -0.2) is 27.5 Å². The lowest BCUT2D eigenvalue weighted by molar-refractivity contribution is -0.115. The maximum Gasteiger partial charge on any atom is 0.237 e. The van der Waals surface area contributed by atoms with E-state index < -0.39 is 5.25 Å². The predicted octanol–water partition coefficient (Wildman–Crippen LogP) is 3.86. The van der Waals surface area contributed by atoms with Crippen molar-refractivity contribution in [1.29, 1.82) is 0 Å². The second-order valence-corrected chi connectivity index (χ2v) is 7.19. The third-order valence-corrected chi connectivity index (χ3v) is 5.07. The lowest BCUT2D eigenvalue weighted by Crippen LogP contribution is -2.22. The molecular weight excluding hydrogens is 369 g/mol. The second kappa shape index (κ2) is 7.32. The van der Waals surface area contributed by atoms with Crippen molar-refractivity contribution in [2.24, 2.45) is 0 Å². The summed E-state index contributed by atoms with van der Waals surface area (Å²) in [4.78, 5) is 16.8. The number of fused-ring (bicyclic) bond motifs is 1. The number of imidazole rings is 1. The monoisotopic (exact) mass is 385 g/mol. The number of ether oxygens (including phenoxy) is 2. The molecule has 0 spiro atoms. The topological polar surface area (TPSA) is 65.4 Å². The van der Waals surface area contributed by atoms with Gasteiger partial charge >= 0.3 is 0 Å². The van der Waals surface area contributed by atoms with Crippen LogP contribution in [0.1, 0.15) is 6.92 Å². The van der Waals surface area contributed by atoms with Gasteiger partial charge in [-0.05, 0) is 37.3 Å². The average Bonchev–Trinajstić information content (AvgIpc) is 3.30. The van der Waals surface area contributed by atoms with E-state index in [1.807, 2.05) is 0 Å². The Morgan fingerprint density at radius 3 is 2.96 bits per heavy atom. The highest BCUT2D eigenvalue weighted by atomic mass is 32.2. The van der Waals surface area contributed by atoms with Gasteiger partial charge in [-0.3, -0.25) is 9.36 Å². The molecule has 1 N–H and O–H groups in total. The Hall–Kier alpha value is -3.00. The molecule has 0 saturated heterocycles. The lowest BCUT2D eigenvalue weighted by atomic mass is 10.2. The zero-order valence-electron chi connectivity index (χ0n) is 14.4. The Morgan fingerprint density at radius 1 is 1.26 bits per heavy atom. The molecule has 0 aliphatic carbocycles. The Balaban J connectivity index is 1.46. The maximum atomic E-state index is 13.5. The van der Waals surface area contributed by atoms with Crippen LogP contribution >= 0.6 is 11.8 Å². The Labute approximate surface area is 159 Å². The summed E-state index contributed by atoms with van der Waals surface area (Å²) in [5, 5.41) is 3.05. The van der Waals surface area contributed by atoms with Crippen LogP contribution in [0.3, 0.4) is 0 Å². The molecule has 1 aromatic heterocycles. The van der Waals surface area contributed by atoms with Crippen molar-refractivity contribution in [2.45, 2.75) is 17.3 Å². The van der Waals surface area contributed by atoms with Crippen LogP contribution in [0, 0.1) is 5.82 Å². The van der Waals surface area contributed by atoms with Crippen LogP contribution in [0.15, 0.2) is 60.0 Å². The highest BCUT2D eigenvalue weighted by molar-refractivity contribution is 8.00. The summed E-state index contributed by atoms with van der Waals surface area (Å²) in [5.41, 5.74) is 1.28. The first-order chi connectivity index (χ1) is 13.1. The molecule has 3 aromatic rings. The molecule has 1 unspecified atom stereocenters. The van der Waals surface area contributed by atoms with Crippen molar-refractivity contribution >= 4 is 23.4 Å². The second-order valence-electron chi connectivity index (χ2n) is 5.88. The maximum absolute atomic E-state index is 13.5. The molecular formula is C19H16FN3O3S. The first kappa shape index (κ1) is 17.4. The van der Waals surface area contributed by atoms with Crippen LogP contribution in [0.25, 0.3) is 5.69 Å². The SMILES string of the molecule is CC(Sc1nccn1-c1cccc(F)c1)C(=O)Nc1ccc2c(c1)OCO2. The van der Waals surface area contributed by atoms with Crippen LogP contribution in [-0.2, 0) is 4.79 Å². The van der Waals surface area contributed by atoms with Crippen LogP contribution in [0.4, 0.5) is 10.1 Å². The first-order valence-corrected chi connectivity index (χ1v) is 9.14. The number of carbonyl (C=O) groups is 1. The standard InChI is InChI=1S/C19H16FN3O3S/c1-12(18(24)22-14-5-6-16-17(10-14)26-11-25-16)27-19-21-7-8-23(19)15-4-2-3-13(20)9-15/h2-10,12H,11H2,1H3,(H,22,24). The molecule has 2 aromatic carbocycles. The number of hydrogen-bond acceptors (Lipinski definition) is 5. The minimum Gasteiger partial charge on any atom is -0.454 e. The van der Waals surface area contributed by atoms with Gasteiger partial charge in [-0.1, -0.05) is 17.8 Å². The number of rotatable bonds is 5. The van der Waals surface area contributed by atoms with Crippen molar-refractivity contribution in [3.05, 3.63) is 60.7 Å². The fourth-order valence-electron chi connectivity index (χ4n) is 2.63. The number of nitrogens with zero attached hydrogens (tertiary/aromatic N) is 2. The number of halogens is 1. The minimum atomic E-state index is -0.412. The molecule has 138 valence electrons. The van der Waals surface area contributed by atoms with Gasteiger partial charge in [0.05, 0.1) is 10.9 Å². The van der Waals surface area contributed by atoms with E-state index in [2.05, 4.69) is 10.3 Å². The molecule has 0 radical (unpaired) electrons. The molecule has 1 aliphatic rings. The zero-order chi connectivity index (χ0) is 18.8. The number of thioether (sulfide) groups is 1. The first-order valence-electron chi connectivity index (χ1n) is 8.26. The lowest BCUT2D eigenvalue weighted by Gasteiger charge is -2.13. The summed E-state index contributed by atoms with van der Waals surface area (Å²) in [6.45, 7) is 1.97. The van der Waals surface area contributed by atoms with Crippen LogP contribution in [0.5, 0.6) is 11.5 Å². The van der Waals surface area contributed by atoms with Crippen molar-refractivity contribution < 1.29 is 18.7 Å². The van der Waals surface area contributed by atoms with Crippen molar-refractivity contribution in [3.8, 4) is 17.2 Å². The smallest absolute Gasteiger partial charge is 0.237 e. The molecule has 6 nitrogen and oxygen atoms in total. The van der Waals surface area contributed by atoms with E-state index in [1.54, 1.807) is 54.2 Å². The highest BCUT2D eigenvalue weighted by Gasteiger charge is 2.20. The largest absolute Gasteiger partial charge is 0.454 e. The fraction of sp³-hybridized carbons (Fsp3) is 0.158. The number of hydrogen-bond donors (Lipinski definition) is 1. The van der Waals surface area contributed by atoms with E-state index in [0.29, 0.717) is 28.0 Å². The van der Waals surface area contributed by atoms with Gasteiger partial charge in [-0.15, -0.1) is 0 Å². The molecule has 0 bridgehead atoms. The van der Waals surface area contributed by atoms with E-state index in [9.17, 15) is 9.18 Å². The fourth-order valence-corrected chi connectivity index (χ4v) is 3.51. The van der Waals surface area contributed by atoms with E-state index in [1.165, 1.54) is 23.9 Å². The molecule has 0 fully saturated rings. The number of anilines is 1. The Kier molecular flexibility index (Phi) is 4.72. The minimum absolute atomic E-state index is 0.173. The van der Waals surface area contributed by atoms with Gasteiger partial charge in [0.1, 0.15) is 5.82 Å². The molecule has 1 atom stereocenters. The van der Waals surface area contributed by atoms with E-state index in [4.69, 9.17) is 9.47 Å². The number of benzene rings is 2. The average molecular weight is 385 g/mol. The van der Waals surface area contributed by atoms with Crippen LogP contribution < -0.4 is 14.8 Å². The normalized spacial score (nSPS) is 13.4. The number of aromatic nitrogens is 2. The molecule has 1 amide bonds. The summed E-state index contributed by atoms with van der Waals surface area (Å²) in [7, 11) is 0. The van der Waals surface area contributed by atoms with Crippen molar-refractivity contribution in [3.63, 3.8) is 0 Å². The molecule has 27 heavy (non-hydrogen) atoms. The molecule has 0 saturated carbocycles. The van der Waals surface area contributed by atoms with Crippen molar-refractivity contribution in [1.82, 2.24) is 9.55 Å². The third kappa shape index (κ3) is 3.75. The van der Waals surface area contributed by atoms with E-state index >= 15 is 0 Å². The summed E-state index contributed by atoms with van der Waals surface area (Å²) in [6, 6.07) is 11.5. The highest BCUT2D eigenvalue weighted by Crippen LogP contribution is 2.34. The van der Waals surface area contributed by atoms with Gasteiger partial charge in [0, 0.05) is 24.1 Å². The summed E-state index contributed by atoms with van der Waals surface area (Å²) < 4.78 is 25.8. The Bertz CT molecular complexity index is 992. The summed E-state index contributed by atoms with van der Waals surface area (Å²) in [5.74, 6) is 0.765. The van der Waals surface area contributed by atoms with Crippen LogP contribution in [0.2, 0.25) is 0 Å². The number of carbonyl (C=O) groups excluding carboxylic acids is 1. The zero-order valence-corrected chi connectivity index (χ0v) is 15.2. The number of nitrogens with one attached hydrogen (secondary N) is 1. The molecule has 4 rings (SSSR count). The van der Waals surface area contributed by atoms with Gasteiger partial charge in [0.2, 0.25) is 12.7 Å². The van der Waals surface area contributed by atoms with E-state index in [0.717, 1.165) is 0 Å². The Morgan fingerprint density at radius 2 is 2.11 bits per heavy atom. The van der Waals surface area contributed by atoms with Gasteiger partial charge in [0.25, 0.3) is 0 Å². The third-order valence-electron chi connectivity index (χ3n) is 3.98. The molecule has 1 aliphatic heterocycles. The van der Waals surface area contributed by atoms with Gasteiger partial charge < -0.3 is 14.8 Å². The van der Waals surface area contributed by atoms with Crippen molar-refractivity contribution in [2.75, 3.05) is 12.1 Å². The molecule has 2 heterocycles. The van der Waals surface area contributed by atoms with E-state index in [-0.39, 0.29) is 18.5 Å². The van der Waals surface area contributed by atoms with Gasteiger partial charge in [0.15, 0.2) is 16.7 Å².